The summed E-state index contributed by atoms with van der Waals surface area (Å²) in [7, 11) is 0. The number of fused-ring (bicyclic) bond motifs is 1. The van der Waals surface area contributed by atoms with E-state index in [0.717, 1.165) is 29.8 Å². The first-order valence-corrected chi connectivity index (χ1v) is 7.04. The van der Waals surface area contributed by atoms with E-state index in [-0.39, 0.29) is 5.41 Å². The molecule has 0 aliphatic carbocycles. The monoisotopic (exact) mass is 260 g/mol. The minimum Gasteiger partial charge on any atom is -0.441 e. The highest BCUT2D eigenvalue weighted by Crippen LogP contribution is 2.26. The van der Waals surface area contributed by atoms with Crippen molar-refractivity contribution in [3.8, 4) is 0 Å². The van der Waals surface area contributed by atoms with E-state index in [9.17, 15) is 0 Å². The lowest BCUT2D eigenvalue weighted by molar-refractivity contribution is 0.437. The number of benzene rings is 1. The Morgan fingerprint density at radius 3 is 2.63 bits per heavy atom. The van der Waals surface area contributed by atoms with Crippen LogP contribution in [-0.2, 0) is 11.8 Å². The highest BCUT2D eigenvalue weighted by Gasteiger charge is 2.16. The highest BCUT2D eigenvalue weighted by atomic mass is 16.3. The molecule has 0 aliphatic heterocycles. The molecular weight excluding hydrogens is 236 g/mol. The van der Waals surface area contributed by atoms with Crippen molar-refractivity contribution in [1.29, 1.82) is 0 Å². The second kappa shape index (κ2) is 5.33. The van der Waals surface area contributed by atoms with Crippen molar-refractivity contribution in [1.82, 2.24) is 4.98 Å². The zero-order valence-corrected chi connectivity index (χ0v) is 12.4. The van der Waals surface area contributed by atoms with Crippen LogP contribution in [0.25, 0.3) is 11.1 Å². The smallest absolute Gasteiger partial charge is 0.195 e. The number of hydrogen-bond acceptors (Lipinski definition) is 3. The molecule has 0 saturated carbocycles. The summed E-state index contributed by atoms with van der Waals surface area (Å²) in [4.78, 5) is 4.60. The molecule has 0 saturated heterocycles. The summed E-state index contributed by atoms with van der Waals surface area (Å²) in [6.45, 7) is 9.45. The summed E-state index contributed by atoms with van der Waals surface area (Å²) in [5.41, 5.74) is 8.98. The summed E-state index contributed by atoms with van der Waals surface area (Å²) < 4.78 is 5.80. The van der Waals surface area contributed by atoms with Crippen LogP contribution in [0.5, 0.6) is 0 Å². The molecule has 0 bridgehead atoms. The van der Waals surface area contributed by atoms with Gasteiger partial charge >= 0.3 is 0 Å². The zero-order valence-electron chi connectivity index (χ0n) is 12.4. The van der Waals surface area contributed by atoms with Gasteiger partial charge in [0.2, 0.25) is 0 Å². The molecule has 0 amide bonds. The largest absolute Gasteiger partial charge is 0.441 e. The van der Waals surface area contributed by atoms with E-state index in [1.165, 1.54) is 5.56 Å². The van der Waals surface area contributed by atoms with Gasteiger partial charge in [0.25, 0.3) is 0 Å². The predicted molar refractivity (Wildman–Crippen MR) is 79.2 cm³/mol. The van der Waals surface area contributed by atoms with Crippen LogP contribution in [0.3, 0.4) is 0 Å². The maximum Gasteiger partial charge on any atom is 0.195 e. The number of aromatic nitrogens is 1. The minimum atomic E-state index is 0.135. The molecule has 1 heterocycles. The topological polar surface area (TPSA) is 52.0 Å². The van der Waals surface area contributed by atoms with Crippen molar-refractivity contribution in [2.75, 3.05) is 6.54 Å². The lowest BCUT2D eigenvalue weighted by Gasteiger charge is -2.18. The summed E-state index contributed by atoms with van der Waals surface area (Å²) in [5.74, 6) is 1.26. The number of rotatable bonds is 4. The number of nitrogens with two attached hydrogens (primary N) is 1. The molecule has 19 heavy (non-hydrogen) atoms. The second-order valence-corrected chi connectivity index (χ2v) is 6.25. The molecule has 2 rings (SSSR count). The number of oxazole rings is 1. The first-order valence-electron chi connectivity index (χ1n) is 7.04. The Bertz CT molecular complexity index is 547. The quantitative estimate of drug-likeness (QED) is 0.912. The Morgan fingerprint density at radius 1 is 1.32 bits per heavy atom. The lowest BCUT2D eigenvalue weighted by Crippen LogP contribution is -2.15. The normalized spacial score (nSPS) is 13.9. The molecule has 1 unspecified atom stereocenters. The van der Waals surface area contributed by atoms with E-state index in [4.69, 9.17) is 10.2 Å². The van der Waals surface area contributed by atoms with E-state index < -0.39 is 0 Å². The summed E-state index contributed by atoms with van der Waals surface area (Å²) in [5, 5.41) is 0. The molecule has 104 valence electrons. The Balaban J connectivity index is 2.30. The van der Waals surface area contributed by atoms with Gasteiger partial charge in [0.05, 0.1) is 0 Å². The Hall–Kier alpha value is -1.35. The van der Waals surface area contributed by atoms with Crippen molar-refractivity contribution in [2.45, 2.75) is 46.0 Å². The van der Waals surface area contributed by atoms with Crippen LogP contribution in [-0.4, -0.2) is 11.5 Å². The fraction of sp³-hybridized carbons (Fsp3) is 0.562. The van der Waals surface area contributed by atoms with Gasteiger partial charge in [0.1, 0.15) is 5.52 Å². The van der Waals surface area contributed by atoms with Gasteiger partial charge in [-0.25, -0.2) is 4.98 Å². The van der Waals surface area contributed by atoms with Gasteiger partial charge in [0.15, 0.2) is 11.5 Å². The van der Waals surface area contributed by atoms with Crippen molar-refractivity contribution in [3.63, 3.8) is 0 Å². The van der Waals surface area contributed by atoms with E-state index in [1.54, 1.807) is 0 Å². The molecule has 0 radical (unpaired) electrons. The van der Waals surface area contributed by atoms with Gasteiger partial charge in [0, 0.05) is 6.42 Å². The molecular formula is C16H24N2O. The highest BCUT2D eigenvalue weighted by molar-refractivity contribution is 5.73. The van der Waals surface area contributed by atoms with Crippen LogP contribution in [0.2, 0.25) is 0 Å². The average Bonchev–Trinajstić information content (AvgIpc) is 2.76. The summed E-state index contributed by atoms with van der Waals surface area (Å²) >= 11 is 0. The van der Waals surface area contributed by atoms with Crippen LogP contribution in [0.4, 0.5) is 0 Å². The van der Waals surface area contributed by atoms with Crippen molar-refractivity contribution >= 4 is 11.1 Å². The van der Waals surface area contributed by atoms with Crippen LogP contribution in [0.1, 0.15) is 45.6 Å². The SMILES string of the molecule is CCC(CN)Cc1nc2cc(C(C)(C)C)ccc2o1. The van der Waals surface area contributed by atoms with Gasteiger partial charge < -0.3 is 10.2 Å². The van der Waals surface area contributed by atoms with Gasteiger partial charge in [-0.2, -0.15) is 0 Å². The fourth-order valence-electron chi connectivity index (χ4n) is 2.17. The van der Waals surface area contributed by atoms with Crippen LogP contribution in [0, 0.1) is 5.92 Å². The van der Waals surface area contributed by atoms with Gasteiger partial charge in [-0.1, -0.05) is 40.2 Å². The zero-order chi connectivity index (χ0) is 14.0. The van der Waals surface area contributed by atoms with E-state index in [0.29, 0.717) is 12.5 Å². The molecule has 1 aromatic carbocycles. The van der Waals surface area contributed by atoms with Crippen molar-refractivity contribution in [2.24, 2.45) is 11.7 Å². The van der Waals surface area contributed by atoms with Gasteiger partial charge in [-0.15, -0.1) is 0 Å². The summed E-state index contributed by atoms with van der Waals surface area (Å²) in [6.07, 6.45) is 1.88. The second-order valence-electron chi connectivity index (χ2n) is 6.25. The first-order chi connectivity index (χ1) is 8.94. The maximum absolute atomic E-state index is 5.80. The molecule has 0 spiro atoms. The lowest BCUT2D eigenvalue weighted by atomic mass is 9.87. The van der Waals surface area contributed by atoms with E-state index in [1.807, 2.05) is 6.07 Å². The van der Waals surface area contributed by atoms with Crippen LogP contribution < -0.4 is 5.73 Å². The van der Waals surface area contributed by atoms with Crippen LogP contribution in [0.15, 0.2) is 22.6 Å². The van der Waals surface area contributed by atoms with Gasteiger partial charge in [-0.3, -0.25) is 0 Å². The molecule has 0 aliphatic rings. The molecule has 3 heteroatoms. The Kier molecular flexibility index (Phi) is 3.95. The first kappa shape index (κ1) is 14.1. The molecule has 2 N–H and O–H groups in total. The predicted octanol–water partition coefficient (Wildman–Crippen LogP) is 3.65. The average molecular weight is 260 g/mol. The number of hydrogen-bond donors (Lipinski definition) is 1. The van der Waals surface area contributed by atoms with E-state index >= 15 is 0 Å². The minimum absolute atomic E-state index is 0.135. The van der Waals surface area contributed by atoms with Crippen molar-refractivity contribution < 1.29 is 4.42 Å². The summed E-state index contributed by atoms with van der Waals surface area (Å²) in [6, 6.07) is 6.28. The number of nitrogens with zero attached hydrogens (tertiary/aromatic N) is 1. The van der Waals surface area contributed by atoms with Gasteiger partial charge in [-0.05, 0) is 35.6 Å². The standard InChI is InChI=1S/C16H24N2O/c1-5-11(10-17)8-15-18-13-9-12(16(2,3)4)6-7-14(13)19-15/h6-7,9,11H,5,8,10,17H2,1-4H3. The third kappa shape index (κ3) is 3.16. The van der Waals surface area contributed by atoms with Crippen molar-refractivity contribution in [3.05, 3.63) is 29.7 Å². The fourth-order valence-corrected chi connectivity index (χ4v) is 2.17. The molecule has 1 atom stereocenters. The Labute approximate surface area is 115 Å². The third-order valence-electron chi connectivity index (χ3n) is 3.67. The van der Waals surface area contributed by atoms with Crippen LogP contribution >= 0.6 is 0 Å². The molecule has 1 aromatic heterocycles. The molecule has 3 nitrogen and oxygen atoms in total. The Morgan fingerprint density at radius 2 is 2.05 bits per heavy atom. The van der Waals surface area contributed by atoms with E-state index in [2.05, 4.69) is 44.8 Å². The molecule has 2 aromatic rings. The third-order valence-corrected chi connectivity index (χ3v) is 3.67. The molecule has 0 fully saturated rings. The maximum atomic E-state index is 5.80.